The molecule has 21 heavy (non-hydrogen) atoms. The Hall–Kier alpha value is -1.32. The van der Waals surface area contributed by atoms with E-state index in [-0.39, 0.29) is 0 Å². The molecular formula is C18H23BrN2. The van der Waals surface area contributed by atoms with Gasteiger partial charge in [0.25, 0.3) is 0 Å². The first-order chi connectivity index (χ1) is 10.3. The minimum absolute atomic E-state index is 0.672. The van der Waals surface area contributed by atoms with Crippen molar-refractivity contribution in [1.82, 2.24) is 0 Å². The molecule has 2 aromatic rings. The van der Waals surface area contributed by atoms with Crippen LogP contribution in [0.25, 0.3) is 0 Å². The first-order valence-electron chi connectivity index (χ1n) is 7.57. The average molecular weight is 347 g/mol. The largest absolute Gasteiger partial charge is 0.341 e. The molecule has 0 aromatic heterocycles. The van der Waals surface area contributed by atoms with E-state index in [0.717, 1.165) is 17.4 Å². The van der Waals surface area contributed by atoms with Gasteiger partial charge in [-0.2, -0.15) is 0 Å². The molecule has 2 N–H and O–H groups in total. The SMILES string of the molecule is CCCCN(c1ccccc1)c1cc(Br)ccc1CCN. The lowest BCUT2D eigenvalue weighted by Crippen LogP contribution is -2.20. The van der Waals surface area contributed by atoms with Gasteiger partial charge in [-0.15, -0.1) is 0 Å². The summed E-state index contributed by atoms with van der Waals surface area (Å²) in [6, 6.07) is 17.1. The van der Waals surface area contributed by atoms with Gasteiger partial charge in [-0.05, 0) is 49.2 Å². The topological polar surface area (TPSA) is 29.3 Å². The van der Waals surface area contributed by atoms with E-state index < -0.39 is 0 Å². The molecule has 2 nitrogen and oxygen atoms in total. The minimum atomic E-state index is 0.672. The van der Waals surface area contributed by atoms with Crippen LogP contribution in [0.2, 0.25) is 0 Å². The molecule has 0 aliphatic carbocycles. The number of hydrogen-bond donors (Lipinski definition) is 1. The molecule has 0 saturated carbocycles. The standard InChI is InChI=1S/C18H23BrN2/c1-2-3-13-21(17-7-5-4-6-8-17)18-14-16(19)10-9-15(18)11-12-20/h4-10,14H,2-3,11-13,20H2,1H3. The molecular weight excluding hydrogens is 324 g/mol. The second-order valence-electron chi connectivity index (χ2n) is 5.15. The number of hydrogen-bond acceptors (Lipinski definition) is 2. The lowest BCUT2D eigenvalue weighted by Gasteiger charge is -2.27. The first kappa shape index (κ1) is 16.1. The maximum Gasteiger partial charge on any atom is 0.0455 e. The van der Waals surface area contributed by atoms with Gasteiger partial charge in [-0.25, -0.2) is 0 Å². The molecule has 0 saturated heterocycles. The Morgan fingerprint density at radius 1 is 1.10 bits per heavy atom. The molecule has 0 fully saturated rings. The van der Waals surface area contributed by atoms with E-state index in [1.54, 1.807) is 0 Å². The summed E-state index contributed by atoms with van der Waals surface area (Å²) in [5, 5.41) is 0. The van der Waals surface area contributed by atoms with E-state index in [1.807, 2.05) is 0 Å². The second-order valence-corrected chi connectivity index (χ2v) is 6.07. The highest BCUT2D eigenvalue weighted by molar-refractivity contribution is 9.10. The fraction of sp³-hybridized carbons (Fsp3) is 0.333. The third-order valence-electron chi connectivity index (χ3n) is 3.55. The Morgan fingerprint density at radius 2 is 1.86 bits per heavy atom. The molecule has 112 valence electrons. The Morgan fingerprint density at radius 3 is 2.52 bits per heavy atom. The normalized spacial score (nSPS) is 10.6. The van der Waals surface area contributed by atoms with E-state index in [2.05, 4.69) is 76.3 Å². The summed E-state index contributed by atoms with van der Waals surface area (Å²) >= 11 is 3.60. The number of halogens is 1. The van der Waals surface area contributed by atoms with Crippen molar-refractivity contribution in [3.8, 4) is 0 Å². The van der Waals surface area contributed by atoms with Crippen molar-refractivity contribution in [3.63, 3.8) is 0 Å². The van der Waals surface area contributed by atoms with Crippen molar-refractivity contribution in [2.24, 2.45) is 5.73 Å². The van der Waals surface area contributed by atoms with Crippen LogP contribution in [0.3, 0.4) is 0 Å². The lowest BCUT2D eigenvalue weighted by atomic mass is 10.1. The van der Waals surface area contributed by atoms with Crippen LogP contribution >= 0.6 is 15.9 Å². The molecule has 3 heteroatoms. The van der Waals surface area contributed by atoms with E-state index in [0.29, 0.717) is 6.54 Å². The van der Waals surface area contributed by atoms with Crippen molar-refractivity contribution in [1.29, 1.82) is 0 Å². The first-order valence-corrected chi connectivity index (χ1v) is 8.36. The van der Waals surface area contributed by atoms with Gasteiger partial charge < -0.3 is 10.6 Å². The number of rotatable bonds is 7. The van der Waals surface area contributed by atoms with Gasteiger partial charge in [-0.1, -0.05) is 53.5 Å². The van der Waals surface area contributed by atoms with Gasteiger partial charge >= 0.3 is 0 Å². The van der Waals surface area contributed by atoms with Crippen molar-refractivity contribution in [2.75, 3.05) is 18.0 Å². The van der Waals surface area contributed by atoms with Crippen LogP contribution in [0.1, 0.15) is 25.3 Å². The highest BCUT2D eigenvalue weighted by atomic mass is 79.9. The molecule has 0 heterocycles. The van der Waals surface area contributed by atoms with Crippen molar-refractivity contribution in [2.45, 2.75) is 26.2 Å². The molecule has 0 bridgehead atoms. The van der Waals surface area contributed by atoms with Gasteiger partial charge in [0.1, 0.15) is 0 Å². The summed E-state index contributed by atoms with van der Waals surface area (Å²) in [6.45, 7) is 3.92. The van der Waals surface area contributed by atoms with Crippen LogP contribution in [0.15, 0.2) is 53.0 Å². The third-order valence-corrected chi connectivity index (χ3v) is 4.05. The zero-order valence-electron chi connectivity index (χ0n) is 12.6. The molecule has 0 spiro atoms. The Bertz CT molecular complexity index is 554. The number of unbranched alkanes of at least 4 members (excludes halogenated alkanes) is 1. The van der Waals surface area contributed by atoms with Crippen LogP contribution < -0.4 is 10.6 Å². The molecule has 2 rings (SSSR count). The van der Waals surface area contributed by atoms with Crippen LogP contribution in [-0.4, -0.2) is 13.1 Å². The quantitative estimate of drug-likeness (QED) is 0.773. The Labute approximate surface area is 136 Å². The molecule has 0 atom stereocenters. The zero-order chi connectivity index (χ0) is 15.1. The highest BCUT2D eigenvalue weighted by Crippen LogP contribution is 2.31. The second kappa shape index (κ2) is 8.20. The van der Waals surface area contributed by atoms with Crippen molar-refractivity contribution >= 4 is 27.3 Å². The predicted octanol–water partition coefficient (Wildman–Crippen LogP) is 4.89. The fourth-order valence-electron chi connectivity index (χ4n) is 2.47. The molecule has 0 aliphatic heterocycles. The molecule has 0 aliphatic rings. The van der Waals surface area contributed by atoms with Gasteiger partial charge in [0.05, 0.1) is 0 Å². The fourth-order valence-corrected chi connectivity index (χ4v) is 2.82. The number of benzene rings is 2. The monoisotopic (exact) mass is 346 g/mol. The molecule has 0 radical (unpaired) electrons. The smallest absolute Gasteiger partial charge is 0.0455 e. The third kappa shape index (κ3) is 4.32. The van der Waals surface area contributed by atoms with E-state index in [4.69, 9.17) is 5.73 Å². The van der Waals surface area contributed by atoms with E-state index in [9.17, 15) is 0 Å². The minimum Gasteiger partial charge on any atom is -0.341 e. The van der Waals surface area contributed by atoms with Crippen molar-refractivity contribution < 1.29 is 0 Å². The van der Waals surface area contributed by atoms with E-state index in [1.165, 1.54) is 29.8 Å². The van der Waals surface area contributed by atoms with Gasteiger partial charge in [0.2, 0.25) is 0 Å². The number of nitrogens with zero attached hydrogens (tertiary/aromatic N) is 1. The van der Waals surface area contributed by atoms with Gasteiger partial charge in [-0.3, -0.25) is 0 Å². The Balaban J connectivity index is 2.42. The number of para-hydroxylation sites is 1. The van der Waals surface area contributed by atoms with Gasteiger partial charge in [0.15, 0.2) is 0 Å². The van der Waals surface area contributed by atoms with Crippen molar-refractivity contribution in [3.05, 3.63) is 58.6 Å². The predicted molar refractivity (Wildman–Crippen MR) is 95.3 cm³/mol. The summed E-state index contributed by atoms with van der Waals surface area (Å²) in [4.78, 5) is 2.40. The maximum absolute atomic E-state index is 5.78. The summed E-state index contributed by atoms with van der Waals surface area (Å²) in [7, 11) is 0. The average Bonchev–Trinajstić information content (AvgIpc) is 2.51. The van der Waals surface area contributed by atoms with Crippen LogP contribution in [-0.2, 0) is 6.42 Å². The van der Waals surface area contributed by atoms with Crippen LogP contribution in [0, 0.1) is 0 Å². The molecule has 2 aromatic carbocycles. The van der Waals surface area contributed by atoms with Crippen LogP contribution in [0.4, 0.5) is 11.4 Å². The molecule has 0 amide bonds. The highest BCUT2D eigenvalue weighted by Gasteiger charge is 2.13. The lowest BCUT2D eigenvalue weighted by molar-refractivity contribution is 0.782. The zero-order valence-corrected chi connectivity index (χ0v) is 14.1. The Kier molecular flexibility index (Phi) is 6.27. The van der Waals surface area contributed by atoms with E-state index >= 15 is 0 Å². The maximum atomic E-state index is 5.78. The molecule has 0 unspecified atom stereocenters. The number of anilines is 2. The van der Waals surface area contributed by atoms with Gasteiger partial charge in [0, 0.05) is 22.4 Å². The number of nitrogens with two attached hydrogens (primary N) is 1. The summed E-state index contributed by atoms with van der Waals surface area (Å²) in [5.41, 5.74) is 9.58. The summed E-state index contributed by atoms with van der Waals surface area (Å²) in [6.07, 6.45) is 3.26. The summed E-state index contributed by atoms with van der Waals surface area (Å²) in [5.74, 6) is 0. The van der Waals surface area contributed by atoms with Crippen LogP contribution in [0.5, 0.6) is 0 Å². The summed E-state index contributed by atoms with van der Waals surface area (Å²) < 4.78 is 1.11.